The summed E-state index contributed by atoms with van der Waals surface area (Å²) in [6.07, 6.45) is 1.63. The van der Waals surface area contributed by atoms with E-state index in [1.165, 1.54) is 0 Å². The zero-order valence-corrected chi connectivity index (χ0v) is 12.1. The second-order valence-electron chi connectivity index (χ2n) is 3.51. The van der Waals surface area contributed by atoms with Crippen LogP contribution in [0.4, 0.5) is 0 Å². The summed E-state index contributed by atoms with van der Waals surface area (Å²) in [7, 11) is 0. The molecule has 0 amide bonds. The second-order valence-corrected chi connectivity index (χ2v) is 5.89. The monoisotopic (exact) mass is 331 g/mol. The van der Waals surface area contributed by atoms with Crippen molar-refractivity contribution in [2.45, 2.75) is 10.9 Å². The minimum Gasteiger partial charge on any atom is -0.466 e. The van der Waals surface area contributed by atoms with Gasteiger partial charge < -0.3 is 10.2 Å². The summed E-state index contributed by atoms with van der Waals surface area (Å²) in [6, 6.07) is 9.44. The van der Waals surface area contributed by atoms with E-state index in [0.29, 0.717) is 0 Å². The number of rotatable bonds is 4. The topological polar surface area (TPSA) is 39.2 Å². The molecule has 2 nitrogen and oxygen atoms in total. The van der Waals surface area contributed by atoms with Crippen LogP contribution in [0.5, 0.6) is 0 Å². The highest BCUT2D eigenvalue weighted by Gasteiger charge is 2.13. The number of hydrogen-bond donors (Lipinski definition) is 1. The van der Waals surface area contributed by atoms with E-state index in [9.17, 15) is 0 Å². The molecule has 90 valence electrons. The van der Waals surface area contributed by atoms with E-state index in [-0.39, 0.29) is 6.04 Å². The Balaban J connectivity index is 1.97. The zero-order valence-electron chi connectivity index (χ0n) is 8.90. The van der Waals surface area contributed by atoms with Gasteiger partial charge in [-0.2, -0.15) is 0 Å². The first-order valence-electron chi connectivity index (χ1n) is 5.03. The van der Waals surface area contributed by atoms with Crippen molar-refractivity contribution in [1.29, 1.82) is 0 Å². The molecular weight excluding hydrogens is 322 g/mol. The molecule has 1 atom stereocenters. The van der Waals surface area contributed by atoms with Gasteiger partial charge in [0, 0.05) is 15.7 Å². The fourth-order valence-electron chi connectivity index (χ4n) is 1.39. The SMILES string of the molecule is NC(CSc1cccc(Cl)c1)c1occc1Br. The maximum atomic E-state index is 6.05. The van der Waals surface area contributed by atoms with Gasteiger partial charge in [-0.15, -0.1) is 11.8 Å². The Morgan fingerprint density at radius 1 is 1.41 bits per heavy atom. The largest absolute Gasteiger partial charge is 0.466 e. The fourth-order valence-corrected chi connectivity index (χ4v) is 3.05. The van der Waals surface area contributed by atoms with Crippen molar-refractivity contribution in [2.75, 3.05) is 5.75 Å². The predicted molar refractivity (Wildman–Crippen MR) is 75.5 cm³/mol. The summed E-state index contributed by atoms with van der Waals surface area (Å²) in [5, 5.41) is 0.739. The highest BCUT2D eigenvalue weighted by molar-refractivity contribution is 9.10. The van der Waals surface area contributed by atoms with Gasteiger partial charge in [-0.05, 0) is 40.2 Å². The third-order valence-corrected chi connectivity index (χ3v) is 4.21. The second kappa shape index (κ2) is 5.96. The van der Waals surface area contributed by atoms with Gasteiger partial charge in [0.15, 0.2) is 0 Å². The Kier molecular flexibility index (Phi) is 4.56. The van der Waals surface area contributed by atoms with Gasteiger partial charge in [0.1, 0.15) is 5.76 Å². The first kappa shape index (κ1) is 13.0. The van der Waals surface area contributed by atoms with Gasteiger partial charge in [-0.1, -0.05) is 17.7 Å². The lowest BCUT2D eigenvalue weighted by atomic mass is 10.3. The van der Waals surface area contributed by atoms with Crippen molar-refractivity contribution < 1.29 is 4.42 Å². The van der Waals surface area contributed by atoms with Crippen LogP contribution in [-0.2, 0) is 0 Å². The molecule has 0 bridgehead atoms. The van der Waals surface area contributed by atoms with E-state index in [1.54, 1.807) is 18.0 Å². The Morgan fingerprint density at radius 2 is 2.24 bits per heavy atom. The highest BCUT2D eigenvalue weighted by Crippen LogP contribution is 2.29. The molecular formula is C12H11BrClNOS. The molecule has 0 spiro atoms. The lowest BCUT2D eigenvalue weighted by Gasteiger charge is -2.09. The molecule has 0 fully saturated rings. The van der Waals surface area contributed by atoms with Crippen LogP contribution in [0, 0.1) is 0 Å². The fraction of sp³-hybridized carbons (Fsp3) is 0.167. The number of nitrogens with two attached hydrogens (primary N) is 1. The van der Waals surface area contributed by atoms with Crippen molar-refractivity contribution >= 4 is 39.3 Å². The molecule has 0 saturated carbocycles. The van der Waals surface area contributed by atoms with E-state index >= 15 is 0 Å². The van der Waals surface area contributed by atoms with Crippen LogP contribution in [-0.4, -0.2) is 5.75 Å². The summed E-state index contributed by atoms with van der Waals surface area (Å²) in [5.74, 6) is 1.52. The van der Waals surface area contributed by atoms with Crippen LogP contribution in [0.3, 0.4) is 0 Å². The van der Waals surface area contributed by atoms with Crippen LogP contribution in [0.25, 0.3) is 0 Å². The third kappa shape index (κ3) is 3.52. The lowest BCUT2D eigenvalue weighted by Crippen LogP contribution is -2.12. The number of furan rings is 1. The molecule has 1 heterocycles. The van der Waals surface area contributed by atoms with Gasteiger partial charge in [0.2, 0.25) is 0 Å². The molecule has 2 N–H and O–H groups in total. The minimum atomic E-state index is -0.136. The molecule has 5 heteroatoms. The maximum absolute atomic E-state index is 6.05. The molecule has 2 aromatic rings. The normalized spacial score (nSPS) is 12.6. The van der Waals surface area contributed by atoms with Crippen molar-refractivity contribution in [1.82, 2.24) is 0 Å². The van der Waals surface area contributed by atoms with E-state index in [2.05, 4.69) is 15.9 Å². The molecule has 0 saturated heterocycles. The lowest BCUT2D eigenvalue weighted by molar-refractivity contribution is 0.480. The highest BCUT2D eigenvalue weighted by atomic mass is 79.9. The van der Waals surface area contributed by atoms with Crippen LogP contribution in [0.2, 0.25) is 5.02 Å². The quantitative estimate of drug-likeness (QED) is 0.839. The Hall–Kier alpha value is -0.420. The summed E-state index contributed by atoms with van der Waals surface area (Å²) >= 11 is 11.0. The van der Waals surface area contributed by atoms with Gasteiger partial charge in [-0.25, -0.2) is 0 Å². The average molecular weight is 333 g/mol. The molecule has 0 radical (unpaired) electrons. The number of benzene rings is 1. The predicted octanol–water partition coefficient (Wildman–Crippen LogP) is 4.49. The first-order chi connectivity index (χ1) is 8.16. The molecule has 0 aliphatic rings. The van der Waals surface area contributed by atoms with Crippen LogP contribution < -0.4 is 5.73 Å². The number of hydrogen-bond acceptors (Lipinski definition) is 3. The standard InChI is InChI=1S/C12H11BrClNOS/c13-10-4-5-16-12(10)11(15)7-17-9-3-1-2-8(14)6-9/h1-6,11H,7,15H2. The summed E-state index contributed by atoms with van der Waals surface area (Å²) in [4.78, 5) is 1.11. The molecule has 17 heavy (non-hydrogen) atoms. The van der Waals surface area contributed by atoms with E-state index in [0.717, 1.165) is 25.9 Å². The van der Waals surface area contributed by atoms with Crippen LogP contribution in [0.1, 0.15) is 11.8 Å². The molecule has 1 aromatic carbocycles. The molecule has 0 aliphatic carbocycles. The van der Waals surface area contributed by atoms with E-state index in [1.807, 2.05) is 30.3 Å². The first-order valence-corrected chi connectivity index (χ1v) is 7.19. The number of thioether (sulfide) groups is 1. The molecule has 1 aromatic heterocycles. The Morgan fingerprint density at radius 3 is 2.88 bits per heavy atom. The molecule has 1 unspecified atom stereocenters. The third-order valence-electron chi connectivity index (χ3n) is 2.21. The van der Waals surface area contributed by atoms with Crippen LogP contribution in [0.15, 0.2) is 50.4 Å². The molecule has 0 aliphatic heterocycles. The van der Waals surface area contributed by atoms with Crippen molar-refractivity contribution in [2.24, 2.45) is 5.73 Å². The van der Waals surface area contributed by atoms with Crippen molar-refractivity contribution in [3.8, 4) is 0 Å². The Labute approximate surface area is 118 Å². The summed E-state index contributed by atoms with van der Waals surface area (Å²) in [6.45, 7) is 0. The minimum absolute atomic E-state index is 0.136. The maximum Gasteiger partial charge on any atom is 0.135 e. The molecule has 2 rings (SSSR count). The summed E-state index contributed by atoms with van der Waals surface area (Å²) in [5.41, 5.74) is 6.05. The number of halogens is 2. The van der Waals surface area contributed by atoms with Gasteiger partial charge in [0.25, 0.3) is 0 Å². The van der Waals surface area contributed by atoms with E-state index in [4.69, 9.17) is 21.8 Å². The average Bonchev–Trinajstić information content (AvgIpc) is 2.72. The van der Waals surface area contributed by atoms with Crippen molar-refractivity contribution in [3.05, 3.63) is 51.9 Å². The van der Waals surface area contributed by atoms with Crippen molar-refractivity contribution in [3.63, 3.8) is 0 Å². The van der Waals surface area contributed by atoms with E-state index < -0.39 is 0 Å². The van der Waals surface area contributed by atoms with Crippen LogP contribution >= 0.6 is 39.3 Å². The Bertz CT molecular complexity index is 503. The van der Waals surface area contributed by atoms with Gasteiger partial charge in [-0.3, -0.25) is 0 Å². The zero-order chi connectivity index (χ0) is 12.3. The smallest absolute Gasteiger partial charge is 0.135 e. The van der Waals surface area contributed by atoms with Gasteiger partial charge >= 0.3 is 0 Å². The van der Waals surface area contributed by atoms with Gasteiger partial charge in [0.05, 0.1) is 16.8 Å². The summed E-state index contributed by atoms with van der Waals surface area (Å²) < 4.78 is 6.24.